The Hall–Kier alpha value is -2.40. The number of amides is 1. The average molecular weight is 364 g/mol. The van der Waals surface area contributed by atoms with Crippen LogP contribution in [0.15, 0.2) is 42.7 Å². The van der Waals surface area contributed by atoms with Gasteiger partial charge in [-0.25, -0.2) is 0 Å². The SMILES string of the molecule is NC1CCc2ccc(C(=O)NCCC3CCN(c4ccncc4)CC3)cc21. The lowest BCUT2D eigenvalue weighted by Crippen LogP contribution is -2.35. The predicted octanol–water partition coefficient (Wildman–Crippen LogP) is 3.06. The number of nitrogens with two attached hydrogens (primary N) is 1. The number of carbonyl (C=O) groups excluding carboxylic acids is 1. The number of hydrogen-bond acceptors (Lipinski definition) is 4. The van der Waals surface area contributed by atoms with E-state index in [1.807, 2.05) is 24.5 Å². The third-order valence-corrected chi connectivity index (χ3v) is 6.01. The van der Waals surface area contributed by atoms with Crippen molar-refractivity contribution >= 4 is 11.6 Å². The number of nitrogens with zero attached hydrogens (tertiary/aromatic N) is 2. The molecular formula is C22H28N4O. The molecule has 1 aromatic carbocycles. The minimum absolute atomic E-state index is 0.0196. The van der Waals surface area contributed by atoms with Gasteiger partial charge in [-0.2, -0.15) is 0 Å². The fraction of sp³-hybridized carbons (Fsp3) is 0.455. The van der Waals surface area contributed by atoms with Crippen molar-refractivity contribution in [3.8, 4) is 0 Å². The molecule has 2 heterocycles. The third kappa shape index (κ3) is 4.14. The Kier molecular flexibility index (Phi) is 5.39. The van der Waals surface area contributed by atoms with Crippen molar-refractivity contribution in [2.24, 2.45) is 11.7 Å². The summed E-state index contributed by atoms with van der Waals surface area (Å²) < 4.78 is 0. The van der Waals surface area contributed by atoms with Gasteiger partial charge in [-0.15, -0.1) is 0 Å². The van der Waals surface area contributed by atoms with Crippen LogP contribution in [-0.4, -0.2) is 30.5 Å². The zero-order valence-electron chi connectivity index (χ0n) is 15.7. The lowest BCUT2D eigenvalue weighted by molar-refractivity contribution is 0.0950. The summed E-state index contributed by atoms with van der Waals surface area (Å²) in [5.74, 6) is 0.697. The van der Waals surface area contributed by atoms with E-state index in [4.69, 9.17) is 5.73 Å². The topological polar surface area (TPSA) is 71.2 Å². The first-order valence-electron chi connectivity index (χ1n) is 10.0. The summed E-state index contributed by atoms with van der Waals surface area (Å²) in [5.41, 5.74) is 10.6. The molecule has 3 N–H and O–H groups in total. The van der Waals surface area contributed by atoms with Gasteiger partial charge in [-0.3, -0.25) is 9.78 Å². The van der Waals surface area contributed by atoms with Crippen LogP contribution in [0.1, 0.15) is 53.2 Å². The van der Waals surface area contributed by atoms with E-state index < -0.39 is 0 Å². The summed E-state index contributed by atoms with van der Waals surface area (Å²) in [6, 6.07) is 10.2. The second-order valence-electron chi connectivity index (χ2n) is 7.74. The normalized spacial score (nSPS) is 19.7. The molecule has 4 rings (SSSR count). The number of hydrogen-bond donors (Lipinski definition) is 2. The highest BCUT2D eigenvalue weighted by Crippen LogP contribution is 2.30. The molecule has 0 bridgehead atoms. The average Bonchev–Trinajstić information content (AvgIpc) is 3.09. The van der Waals surface area contributed by atoms with E-state index in [-0.39, 0.29) is 11.9 Å². The molecule has 1 fully saturated rings. The van der Waals surface area contributed by atoms with Gasteiger partial charge >= 0.3 is 0 Å². The van der Waals surface area contributed by atoms with E-state index >= 15 is 0 Å². The molecule has 1 aromatic heterocycles. The van der Waals surface area contributed by atoms with E-state index in [0.29, 0.717) is 5.92 Å². The quantitative estimate of drug-likeness (QED) is 0.855. The zero-order valence-corrected chi connectivity index (χ0v) is 15.7. The van der Waals surface area contributed by atoms with E-state index in [1.165, 1.54) is 24.1 Å². The first-order chi connectivity index (χ1) is 13.2. The number of benzene rings is 1. The number of aromatic nitrogens is 1. The van der Waals surface area contributed by atoms with Crippen LogP contribution in [-0.2, 0) is 6.42 Å². The van der Waals surface area contributed by atoms with Gasteiger partial charge in [0.05, 0.1) is 0 Å². The number of carbonyl (C=O) groups is 1. The second-order valence-corrected chi connectivity index (χ2v) is 7.74. The summed E-state index contributed by atoms with van der Waals surface area (Å²) in [6.45, 7) is 2.89. The van der Waals surface area contributed by atoms with E-state index in [9.17, 15) is 4.79 Å². The minimum atomic E-state index is 0.0196. The van der Waals surface area contributed by atoms with Crippen molar-refractivity contribution in [2.45, 2.75) is 38.1 Å². The van der Waals surface area contributed by atoms with E-state index in [2.05, 4.69) is 33.4 Å². The number of anilines is 1. The fourth-order valence-corrected chi connectivity index (χ4v) is 4.30. The van der Waals surface area contributed by atoms with Gasteiger partial charge in [0.2, 0.25) is 0 Å². The number of fused-ring (bicyclic) bond motifs is 1. The molecule has 1 atom stereocenters. The monoisotopic (exact) mass is 364 g/mol. The highest BCUT2D eigenvalue weighted by molar-refractivity contribution is 5.94. The molecule has 1 unspecified atom stereocenters. The molecule has 0 saturated carbocycles. The number of pyridine rings is 1. The third-order valence-electron chi connectivity index (χ3n) is 6.01. The first kappa shape index (κ1) is 18.0. The molecule has 5 heteroatoms. The summed E-state index contributed by atoms with van der Waals surface area (Å²) >= 11 is 0. The van der Waals surface area contributed by atoms with Gasteiger partial charge in [0.15, 0.2) is 0 Å². The maximum absolute atomic E-state index is 12.5. The van der Waals surface area contributed by atoms with Gasteiger partial charge in [-0.05, 0) is 73.4 Å². The Balaban J connectivity index is 1.23. The molecular weight excluding hydrogens is 336 g/mol. The summed E-state index contributed by atoms with van der Waals surface area (Å²) in [4.78, 5) is 19.0. The van der Waals surface area contributed by atoms with Crippen molar-refractivity contribution in [3.63, 3.8) is 0 Å². The standard InChI is InChI=1S/C22H28N4O/c23-21-4-3-17-1-2-18(15-20(17)21)22(27)25-12-5-16-8-13-26(14-9-16)19-6-10-24-11-7-19/h1-2,6-7,10-11,15-16,21H,3-5,8-9,12-14,23H2,(H,25,27). The summed E-state index contributed by atoms with van der Waals surface area (Å²) in [6.07, 6.45) is 9.10. The molecule has 1 saturated heterocycles. The predicted molar refractivity (Wildman–Crippen MR) is 108 cm³/mol. The van der Waals surface area contributed by atoms with Gasteiger partial charge in [-0.1, -0.05) is 6.07 Å². The molecule has 0 radical (unpaired) electrons. The van der Waals surface area contributed by atoms with Crippen LogP contribution in [0.5, 0.6) is 0 Å². The van der Waals surface area contributed by atoms with E-state index in [1.54, 1.807) is 0 Å². The van der Waals surface area contributed by atoms with Crippen LogP contribution in [0, 0.1) is 5.92 Å². The van der Waals surface area contributed by atoms with Crippen LogP contribution in [0.2, 0.25) is 0 Å². The van der Waals surface area contributed by atoms with Crippen LogP contribution >= 0.6 is 0 Å². The molecule has 1 aliphatic carbocycles. The largest absolute Gasteiger partial charge is 0.371 e. The smallest absolute Gasteiger partial charge is 0.251 e. The summed E-state index contributed by atoms with van der Waals surface area (Å²) in [7, 11) is 0. The molecule has 2 aliphatic rings. The molecule has 27 heavy (non-hydrogen) atoms. The van der Waals surface area contributed by atoms with Gasteiger partial charge in [0, 0.05) is 49.3 Å². The van der Waals surface area contributed by atoms with Crippen LogP contribution in [0.25, 0.3) is 0 Å². The number of aryl methyl sites for hydroxylation is 1. The van der Waals surface area contributed by atoms with Gasteiger partial charge < -0.3 is 16.0 Å². The molecule has 1 amide bonds. The van der Waals surface area contributed by atoms with Crippen molar-refractivity contribution < 1.29 is 4.79 Å². The van der Waals surface area contributed by atoms with Crippen LogP contribution < -0.4 is 16.0 Å². The second kappa shape index (κ2) is 8.09. The van der Waals surface area contributed by atoms with Gasteiger partial charge in [0.25, 0.3) is 5.91 Å². The minimum Gasteiger partial charge on any atom is -0.371 e. The Bertz CT molecular complexity index is 784. The van der Waals surface area contributed by atoms with Crippen molar-refractivity contribution in [3.05, 3.63) is 59.4 Å². The molecule has 0 spiro atoms. The highest BCUT2D eigenvalue weighted by atomic mass is 16.1. The van der Waals surface area contributed by atoms with E-state index in [0.717, 1.165) is 50.0 Å². The number of rotatable bonds is 5. The molecule has 5 nitrogen and oxygen atoms in total. The Labute approximate surface area is 161 Å². The lowest BCUT2D eigenvalue weighted by Gasteiger charge is -2.33. The zero-order chi connectivity index (χ0) is 18.6. The van der Waals surface area contributed by atoms with Crippen molar-refractivity contribution in [1.29, 1.82) is 0 Å². The maximum Gasteiger partial charge on any atom is 0.251 e. The van der Waals surface area contributed by atoms with Crippen LogP contribution in [0.3, 0.4) is 0 Å². The summed E-state index contributed by atoms with van der Waals surface area (Å²) in [5, 5.41) is 3.09. The molecule has 1 aliphatic heterocycles. The Morgan fingerprint density at radius 3 is 2.70 bits per heavy atom. The first-order valence-corrected chi connectivity index (χ1v) is 10.0. The Morgan fingerprint density at radius 2 is 1.93 bits per heavy atom. The van der Waals surface area contributed by atoms with Gasteiger partial charge in [0.1, 0.15) is 0 Å². The highest BCUT2D eigenvalue weighted by Gasteiger charge is 2.21. The molecule has 142 valence electrons. The maximum atomic E-state index is 12.5. The molecule has 2 aromatic rings. The fourth-order valence-electron chi connectivity index (χ4n) is 4.30. The number of piperidine rings is 1. The van der Waals surface area contributed by atoms with Crippen LogP contribution in [0.4, 0.5) is 5.69 Å². The lowest BCUT2D eigenvalue weighted by atomic mass is 9.93. The Morgan fingerprint density at radius 1 is 1.15 bits per heavy atom. The number of nitrogens with one attached hydrogen (secondary N) is 1. The van der Waals surface area contributed by atoms with Crippen molar-refractivity contribution in [1.82, 2.24) is 10.3 Å². The van der Waals surface area contributed by atoms with Crippen molar-refractivity contribution in [2.75, 3.05) is 24.5 Å².